The Hall–Kier alpha value is -0.870. The van der Waals surface area contributed by atoms with Crippen molar-refractivity contribution < 1.29 is 9.53 Å². The Kier molecular flexibility index (Phi) is 6.36. The summed E-state index contributed by atoms with van der Waals surface area (Å²) in [6.07, 6.45) is 1.18. The van der Waals surface area contributed by atoms with Gasteiger partial charge in [0.05, 0.1) is 12.7 Å². The quantitative estimate of drug-likeness (QED) is 0.818. The number of hydrogen-bond acceptors (Lipinski definition) is 3. The molecular weight excluding hydrogens is 294 g/mol. The van der Waals surface area contributed by atoms with Gasteiger partial charge in [0.25, 0.3) is 0 Å². The molecule has 0 saturated carbocycles. The number of carbonyl (C=O) groups is 1. The van der Waals surface area contributed by atoms with E-state index < -0.39 is 0 Å². The molecule has 0 aliphatic carbocycles. The molecule has 100 valence electrons. The van der Waals surface area contributed by atoms with Gasteiger partial charge in [0.1, 0.15) is 0 Å². The Morgan fingerprint density at radius 3 is 2.78 bits per heavy atom. The van der Waals surface area contributed by atoms with Crippen LogP contribution in [0.5, 0.6) is 0 Å². The summed E-state index contributed by atoms with van der Waals surface area (Å²) >= 11 is 3.48. The van der Waals surface area contributed by atoms with E-state index in [9.17, 15) is 4.79 Å². The topological polar surface area (TPSA) is 38.3 Å². The summed E-state index contributed by atoms with van der Waals surface area (Å²) in [6, 6.07) is 5.53. The second-order valence-electron chi connectivity index (χ2n) is 4.44. The first-order valence-electron chi connectivity index (χ1n) is 6.16. The second-order valence-corrected chi connectivity index (χ2v) is 5.30. The maximum atomic E-state index is 11.4. The number of benzene rings is 1. The number of ether oxygens (including phenoxy) is 1. The molecule has 1 rings (SSSR count). The minimum atomic E-state index is -0.310. The van der Waals surface area contributed by atoms with Gasteiger partial charge >= 0.3 is 5.97 Å². The zero-order chi connectivity index (χ0) is 13.5. The number of methoxy groups -OCH3 is 1. The van der Waals surface area contributed by atoms with E-state index in [2.05, 4.69) is 39.8 Å². The number of carbonyl (C=O) groups excluding carboxylic acids is 1. The molecule has 18 heavy (non-hydrogen) atoms. The van der Waals surface area contributed by atoms with Crippen molar-refractivity contribution in [1.82, 2.24) is 5.32 Å². The van der Waals surface area contributed by atoms with Crippen molar-refractivity contribution in [2.24, 2.45) is 5.92 Å². The lowest BCUT2D eigenvalue weighted by molar-refractivity contribution is 0.0600. The second kappa shape index (κ2) is 7.54. The van der Waals surface area contributed by atoms with Crippen molar-refractivity contribution in [3.63, 3.8) is 0 Å². The van der Waals surface area contributed by atoms with Gasteiger partial charge in [0.2, 0.25) is 0 Å². The predicted octanol–water partition coefficient (Wildman–Crippen LogP) is 3.37. The van der Waals surface area contributed by atoms with Crippen LogP contribution < -0.4 is 5.32 Å². The molecule has 1 atom stereocenters. The van der Waals surface area contributed by atoms with Gasteiger partial charge < -0.3 is 10.1 Å². The normalized spacial score (nSPS) is 12.2. The lowest BCUT2D eigenvalue weighted by Crippen LogP contribution is -2.20. The Bertz CT molecular complexity index is 407. The molecule has 0 heterocycles. The summed E-state index contributed by atoms with van der Waals surface area (Å²) in [4.78, 5) is 11.4. The maximum Gasteiger partial charge on any atom is 0.337 e. The van der Waals surface area contributed by atoms with Crippen LogP contribution in [0.15, 0.2) is 22.7 Å². The van der Waals surface area contributed by atoms with Crippen molar-refractivity contribution in [2.45, 2.75) is 26.8 Å². The molecule has 0 saturated heterocycles. The number of hydrogen-bond donors (Lipinski definition) is 1. The zero-order valence-electron chi connectivity index (χ0n) is 11.1. The van der Waals surface area contributed by atoms with E-state index in [4.69, 9.17) is 0 Å². The molecule has 3 nitrogen and oxygen atoms in total. The van der Waals surface area contributed by atoms with Gasteiger partial charge in [0, 0.05) is 11.0 Å². The van der Waals surface area contributed by atoms with Crippen LogP contribution in [0.1, 0.15) is 36.2 Å². The Labute approximate surface area is 117 Å². The zero-order valence-corrected chi connectivity index (χ0v) is 12.7. The average Bonchev–Trinajstić information content (AvgIpc) is 2.39. The van der Waals surface area contributed by atoms with Crippen LogP contribution in [0.3, 0.4) is 0 Å². The Balaban J connectivity index is 2.60. The van der Waals surface area contributed by atoms with Gasteiger partial charge in [-0.2, -0.15) is 0 Å². The lowest BCUT2D eigenvalue weighted by Gasteiger charge is -2.11. The minimum absolute atomic E-state index is 0.310. The van der Waals surface area contributed by atoms with Crippen molar-refractivity contribution in [2.75, 3.05) is 13.7 Å². The molecule has 1 unspecified atom stereocenters. The van der Waals surface area contributed by atoms with Crippen LogP contribution in [-0.2, 0) is 11.3 Å². The Morgan fingerprint density at radius 2 is 2.22 bits per heavy atom. The molecule has 0 amide bonds. The first-order chi connectivity index (χ1) is 8.58. The summed E-state index contributed by atoms with van der Waals surface area (Å²) in [5.74, 6) is 0.368. The summed E-state index contributed by atoms with van der Waals surface area (Å²) in [5.41, 5.74) is 1.71. The molecule has 0 spiro atoms. The fourth-order valence-corrected chi connectivity index (χ4v) is 2.05. The van der Waals surface area contributed by atoms with Crippen LogP contribution in [0, 0.1) is 5.92 Å². The molecule has 4 heteroatoms. The molecule has 0 radical (unpaired) electrons. The van der Waals surface area contributed by atoms with E-state index in [-0.39, 0.29) is 5.97 Å². The first-order valence-corrected chi connectivity index (χ1v) is 6.95. The van der Waals surface area contributed by atoms with Crippen LogP contribution >= 0.6 is 15.9 Å². The van der Waals surface area contributed by atoms with E-state index in [1.807, 2.05) is 6.07 Å². The third-order valence-electron chi connectivity index (χ3n) is 2.98. The summed E-state index contributed by atoms with van der Waals surface area (Å²) in [5, 5.41) is 3.41. The van der Waals surface area contributed by atoms with Crippen LogP contribution in [0.2, 0.25) is 0 Å². The highest BCUT2D eigenvalue weighted by Gasteiger charge is 2.08. The van der Waals surface area contributed by atoms with Gasteiger partial charge in [-0.05, 0) is 30.2 Å². The molecular formula is C14H20BrNO2. The highest BCUT2D eigenvalue weighted by molar-refractivity contribution is 9.10. The standard InChI is InChI=1S/C14H20BrNO2/c1-4-10(2)8-16-9-12-6-5-11(7-13(12)15)14(17)18-3/h5-7,10,16H,4,8-9H2,1-3H3. The van der Waals surface area contributed by atoms with Gasteiger partial charge in [-0.3, -0.25) is 0 Å². The number of nitrogens with one attached hydrogen (secondary N) is 1. The fraction of sp³-hybridized carbons (Fsp3) is 0.500. The van der Waals surface area contributed by atoms with Gasteiger partial charge in [-0.1, -0.05) is 42.3 Å². The predicted molar refractivity (Wildman–Crippen MR) is 76.6 cm³/mol. The van der Waals surface area contributed by atoms with Crippen molar-refractivity contribution in [3.8, 4) is 0 Å². The smallest absolute Gasteiger partial charge is 0.337 e. The summed E-state index contributed by atoms with van der Waals surface area (Å²) < 4.78 is 5.62. The lowest BCUT2D eigenvalue weighted by atomic mass is 10.1. The van der Waals surface area contributed by atoms with Crippen molar-refractivity contribution in [1.29, 1.82) is 0 Å². The minimum Gasteiger partial charge on any atom is -0.465 e. The summed E-state index contributed by atoms with van der Waals surface area (Å²) in [6.45, 7) is 6.21. The van der Waals surface area contributed by atoms with Crippen molar-refractivity contribution >= 4 is 21.9 Å². The third-order valence-corrected chi connectivity index (χ3v) is 3.72. The molecule has 0 aliphatic rings. The number of rotatable bonds is 6. The van der Waals surface area contributed by atoms with E-state index in [1.54, 1.807) is 12.1 Å². The molecule has 0 aliphatic heterocycles. The largest absolute Gasteiger partial charge is 0.465 e. The monoisotopic (exact) mass is 313 g/mol. The highest BCUT2D eigenvalue weighted by Crippen LogP contribution is 2.19. The van der Waals surface area contributed by atoms with E-state index in [0.29, 0.717) is 11.5 Å². The number of esters is 1. The Morgan fingerprint density at radius 1 is 1.50 bits per heavy atom. The number of halogens is 1. The average molecular weight is 314 g/mol. The van der Waals surface area contributed by atoms with Crippen LogP contribution in [0.4, 0.5) is 0 Å². The van der Waals surface area contributed by atoms with E-state index >= 15 is 0 Å². The molecule has 1 aromatic carbocycles. The highest BCUT2D eigenvalue weighted by atomic mass is 79.9. The van der Waals surface area contributed by atoms with Crippen LogP contribution in [0.25, 0.3) is 0 Å². The van der Waals surface area contributed by atoms with Gasteiger partial charge in [-0.25, -0.2) is 4.79 Å². The molecule has 0 fully saturated rings. The molecule has 1 N–H and O–H groups in total. The first kappa shape index (κ1) is 15.2. The SMILES string of the molecule is CCC(C)CNCc1ccc(C(=O)OC)cc1Br. The molecule has 1 aromatic rings. The van der Waals surface area contributed by atoms with E-state index in [1.165, 1.54) is 13.5 Å². The molecule has 0 aromatic heterocycles. The fourth-order valence-electron chi connectivity index (χ4n) is 1.53. The third kappa shape index (κ3) is 4.42. The maximum absolute atomic E-state index is 11.4. The van der Waals surface area contributed by atoms with E-state index in [0.717, 1.165) is 23.1 Å². The van der Waals surface area contributed by atoms with Crippen molar-refractivity contribution in [3.05, 3.63) is 33.8 Å². The van der Waals surface area contributed by atoms with Gasteiger partial charge in [0.15, 0.2) is 0 Å². The molecule has 0 bridgehead atoms. The van der Waals surface area contributed by atoms with Gasteiger partial charge in [-0.15, -0.1) is 0 Å². The summed E-state index contributed by atoms with van der Waals surface area (Å²) in [7, 11) is 1.39. The van der Waals surface area contributed by atoms with Crippen LogP contribution in [-0.4, -0.2) is 19.6 Å².